The number of ether oxygens (including phenoxy) is 1. The highest BCUT2D eigenvalue weighted by molar-refractivity contribution is 6.05. The summed E-state index contributed by atoms with van der Waals surface area (Å²) in [5.74, 6) is -0.464. The van der Waals surface area contributed by atoms with Gasteiger partial charge in [0, 0.05) is 25.3 Å². The molecule has 0 aliphatic heterocycles. The molecule has 2 aromatic rings. The molecule has 128 valence electrons. The summed E-state index contributed by atoms with van der Waals surface area (Å²) in [4.78, 5) is 14.2. The van der Waals surface area contributed by atoms with Crippen LogP contribution in [0.15, 0.2) is 48.5 Å². The molecular formula is C17H17F3N2O2. The summed E-state index contributed by atoms with van der Waals surface area (Å²) in [6.07, 6.45) is -4.45. The molecule has 0 aromatic heterocycles. The molecule has 0 radical (unpaired) electrons. The Morgan fingerprint density at radius 2 is 1.83 bits per heavy atom. The van der Waals surface area contributed by atoms with Crippen LogP contribution in [0, 0.1) is 0 Å². The van der Waals surface area contributed by atoms with E-state index in [1.165, 1.54) is 18.2 Å². The normalized spacial score (nSPS) is 11.0. The lowest BCUT2D eigenvalue weighted by atomic mass is 10.1. The lowest BCUT2D eigenvalue weighted by Crippen LogP contribution is -2.20. The van der Waals surface area contributed by atoms with Gasteiger partial charge in [-0.25, -0.2) is 0 Å². The number of alkyl halides is 3. The molecule has 0 aliphatic rings. The van der Waals surface area contributed by atoms with Crippen LogP contribution in [0.25, 0.3) is 0 Å². The second kappa shape index (κ2) is 7.25. The summed E-state index contributed by atoms with van der Waals surface area (Å²) >= 11 is 0. The van der Waals surface area contributed by atoms with Crippen LogP contribution in [0.3, 0.4) is 0 Å². The molecule has 0 aliphatic carbocycles. The van der Waals surface area contributed by atoms with Crippen molar-refractivity contribution in [2.45, 2.75) is 6.18 Å². The number of para-hydroxylation sites is 2. The number of nitrogens with one attached hydrogen (secondary N) is 1. The summed E-state index contributed by atoms with van der Waals surface area (Å²) in [6.45, 7) is -1.42. The Kier molecular flexibility index (Phi) is 5.33. The van der Waals surface area contributed by atoms with Gasteiger partial charge in [0.15, 0.2) is 6.61 Å². The molecule has 7 heteroatoms. The lowest BCUT2D eigenvalue weighted by Gasteiger charge is -2.15. The second-order valence-electron chi connectivity index (χ2n) is 5.30. The minimum atomic E-state index is -4.45. The Hall–Kier alpha value is -2.70. The largest absolute Gasteiger partial charge is 0.482 e. The molecule has 1 N–H and O–H groups in total. The predicted molar refractivity (Wildman–Crippen MR) is 86.7 cm³/mol. The van der Waals surface area contributed by atoms with E-state index >= 15 is 0 Å². The monoisotopic (exact) mass is 338 g/mol. The molecule has 2 aromatic carbocycles. The number of hydrogen-bond donors (Lipinski definition) is 1. The number of amides is 1. The molecule has 2 rings (SSSR count). The number of hydrogen-bond acceptors (Lipinski definition) is 3. The highest BCUT2D eigenvalue weighted by Crippen LogP contribution is 2.27. The quantitative estimate of drug-likeness (QED) is 0.898. The highest BCUT2D eigenvalue weighted by atomic mass is 19.4. The molecule has 4 nitrogen and oxygen atoms in total. The van der Waals surface area contributed by atoms with E-state index in [4.69, 9.17) is 4.74 Å². The van der Waals surface area contributed by atoms with Crippen molar-refractivity contribution in [2.75, 3.05) is 30.9 Å². The van der Waals surface area contributed by atoms with E-state index in [9.17, 15) is 18.0 Å². The third kappa shape index (κ3) is 4.91. The van der Waals surface area contributed by atoms with Gasteiger partial charge in [-0.3, -0.25) is 4.79 Å². The maximum absolute atomic E-state index is 12.3. The van der Waals surface area contributed by atoms with Gasteiger partial charge in [0.05, 0.1) is 5.69 Å². The summed E-state index contributed by atoms with van der Waals surface area (Å²) in [5, 5.41) is 2.58. The number of carbonyl (C=O) groups is 1. The van der Waals surface area contributed by atoms with Gasteiger partial charge >= 0.3 is 6.18 Å². The topological polar surface area (TPSA) is 41.6 Å². The van der Waals surface area contributed by atoms with Crippen LogP contribution in [0.2, 0.25) is 0 Å². The summed E-state index contributed by atoms with van der Waals surface area (Å²) in [5.41, 5.74) is 1.41. The Morgan fingerprint density at radius 1 is 1.12 bits per heavy atom. The van der Waals surface area contributed by atoms with E-state index in [-0.39, 0.29) is 11.4 Å². The van der Waals surface area contributed by atoms with Crippen molar-refractivity contribution in [1.82, 2.24) is 0 Å². The molecule has 0 atom stereocenters. The van der Waals surface area contributed by atoms with Crippen molar-refractivity contribution < 1.29 is 22.7 Å². The summed E-state index contributed by atoms with van der Waals surface area (Å²) in [6, 6.07) is 12.9. The van der Waals surface area contributed by atoms with Crippen molar-refractivity contribution in [1.29, 1.82) is 0 Å². The first-order valence-corrected chi connectivity index (χ1v) is 7.13. The van der Waals surface area contributed by atoms with Crippen molar-refractivity contribution in [3.8, 4) is 5.75 Å². The SMILES string of the molecule is CN(C)c1cccc(C(=O)Nc2ccccc2OCC(F)(F)F)c1. The molecule has 24 heavy (non-hydrogen) atoms. The fraction of sp³-hybridized carbons (Fsp3) is 0.235. The molecule has 0 saturated heterocycles. The van der Waals surface area contributed by atoms with E-state index in [2.05, 4.69) is 5.32 Å². The zero-order valence-electron chi connectivity index (χ0n) is 13.2. The molecule has 0 unspecified atom stereocenters. The minimum Gasteiger partial charge on any atom is -0.482 e. The molecule has 0 fully saturated rings. The van der Waals surface area contributed by atoms with Gasteiger partial charge in [-0.15, -0.1) is 0 Å². The van der Waals surface area contributed by atoms with Gasteiger partial charge < -0.3 is 15.0 Å². The minimum absolute atomic E-state index is 0.0352. The van der Waals surface area contributed by atoms with E-state index < -0.39 is 18.7 Å². The number of anilines is 2. The van der Waals surface area contributed by atoms with Crippen LogP contribution in [0.1, 0.15) is 10.4 Å². The molecule has 1 amide bonds. The maximum atomic E-state index is 12.3. The molecule has 0 heterocycles. The van der Waals surface area contributed by atoms with Gasteiger partial charge in [0.1, 0.15) is 5.75 Å². The Bertz CT molecular complexity index is 715. The second-order valence-corrected chi connectivity index (χ2v) is 5.30. The Labute approximate surface area is 137 Å². The first-order chi connectivity index (χ1) is 11.3. The van der Waals surface area contributed by atoms with Crippen molar-refractivity contribution in [2.24, 2.45) is 0 Å². The van der Waals surface area contributed by atoms with E-state index in [1.807, 2.05) is 25.1 Å². The maximum Gasteiger partial charge on any atom is 0.422 e. The lowest BCUT2D eigenvalue weighted by molar-refractivity contribution is -0.153. The third-order valence-electron chi connectivity index (χ3n) is 3.15. The van der Waals surface area contributed by atoms with E-state index in [0.29, 0.717) is 5.56 Å². The van der Waals surface area contributed by atoms with Crippen molar-refractivity contribution >= 4 is 17.3 Å². The van der Waals surface area contributed by atoms with Crippen molar-refractivity contribution in [3.63, 3.8) is 0 Å². The van der Waals surface area contributed by atoms with Gasteiger partial charge in [-0.05, 0) is 30.3 Å². The fourth-order valence-electron chi connectivity index (χ4n) is 1.98. The zero-order valence-corrected chi connectivity index (χ0v) is 13.2. The number of benzene rings is 2. The van der Waals surface area contributed by atoms with Crippen LogP contribution >= 0.6 is 0 Å². The number of nitrogens with zero attached hydrogens (tertiary/aromatic N) is 1. The average Bonchev–Trinajstić information content (AvgIpc) is 2.53. The smallest absolute Gasteiger partial charge is 0.422 e. The standard InChI is InChI=1S/C17H17F3N2O2/c1-22(2)13-7-5-6-12(10-13)16(23)21-14-8-3-4-9-15(14)24-11-17(18,19)20/h3-10H,11H2,1-2H3,(H,21,23). The molecule has 0 bridgehead atoms. The number of halogens is 3. The van der Waals surface area contributed by atoms with Gasteiger partial charge in [-0.1, -0.05) is 18.2 Å². The van der Waals surface area contributed by atoms with Crippen LogP contribution in [-0.2, 0) is 0 Å². The Balaban J connectivity index is 2.16. The van der Waals surface area contributed by atoms with E-state index in [0.717, 1.165) is 5.69 Å². The first-order valence-electron chi connectivity index (χ1n) is 7.13. The summed E-state index contributed by atoms with van der Waals surface area (Å²) in [7, 11) is 3.69. The van der Waals surface area contributed by atoms with E-state index in [1.54, 1.807) is 24.3 Å². The Morgan fingerprint density at radius 3 is 2.50 bits per heavy atom. The molecule has 0 spiro atoms. The van der Waals surface area contributed by atoms with Gasteiger partial charge in [0.2, 0.25) is 0 Å². The average molecular weight is 338 g/mol. The van der Waals surface area contributed by atoms with Gasteiger partial charge in [0.25, 0.3) is 5.91 Å². The first kappa shape index (κ1) is 17.7. The summed E-state index contributed by atoms with van der Waals surface area (Å²) < 4.78 is 41.7. The van der Waals surface area contributed by atoms with Gasteiger partial charge in [-0.2, -0.15) is 13.2 Å². The van der Waals surface area contributed by atoms with Crippen LogP contribution < -0.4 is 15.0 Å². The van der Waals surface area contributed by atoms with Crippen LogP contribution in [0.5, 0.6) is 5.75 Å². The predicted octanol–water partition coefficient (Wildman–Crippen LogP) is 3.95. The highest BCUT2D eigenvalue weighted by Gasteiger charge is 2.28. The van der Waals surface area contributed by atoms with Crippen LogP contribution in [0.4, 0.5) is 24.5 Å². The zero-order chi connectivity index (χ0) is 17.7. The molecule has 0 saturated carbocycles. The van der Waals surface area contributed by atoms with Crippen LogP contribution in [-0.4, -0.2) is 32.8 Å². The molecular weight excluding hydrogens is 321 g/mol. The fourth-order valence-corrected chi connectivity index (χ4v) is 1.98. The van der Waals surface area contributed by atoms with Crippen molar-refractivity contribution in [3.05, 3.63) is 54.1 Å². The third-order valence-corrected chi connectivity index (χ3v) is 3.15. The number of carbonyl (C=O) groups excluding carboxylic acids is 1. The number of rotatable bonds is 5.